The van der Waals surface area contributed by atoms with Crippen LogP contribution in [0.15, 0.2) is 45.0 Å². The van der Waals surface area contributed by atoms with Gasteiger partial charge in [-0.1, -0.05) is 0 Å². The average molecular weight is 396 g/mol. The number of carbonyl (C=O) groups excluding carboxylic acids is 1. The van der Waals surface area contributed by atoms with Crippen LogP contribution in [0.5, 0.6) is 0 Å². The molecule has 0 saturated carbocycles. The van der Waals surface area contributed by atoms with E-state index in [1.54, 1.807) is 19.1 Å². The molecule has 1 amide bonds. The number of hydrogen-bond donors (Lipinski definition) is 3. The van der Waals surface area contributed by atoms with E-state index in [1.807, 2.05) is 4.90 Å². The number of carbonyl (C=O) groups is 1. The number of nitrogens with one attached hydrogen (secondary N) is 3. The molecule has 0 aliphatic carbocycles. The van der Waals surface area contributed by atoms with Gasteiger partial charge in [0.05, 0.1) is 10.9 Å². The van der Waals surface area contributed by atoms with E-state index in [0.29, 0.717) is 41.8 Å². The second-order valence-electron chi connectivity index (χ2n) is 6.89. The molecule has 0 spiro atoms. The maximum atomic E-state index is 12.7. The van der Waals surface area contributed by atoms with E-state index >= 15 is 0 Å². The van der Waals surface area contributed by atoms with Gasteiger partial charge >= 0.3 is 5.69 Å². The third-order valence-electron chi connectivity index (χ3n) is 5.07. The molecule has 0 bridgehead atoms. The summed E-state index contributed by atoms with van der Waals surface area (Å²) < 4.78 is 1.11. The first-order valence-corrected chi connectivity index (χ1v) is 9.34. The SMILES string of the molecule is CCn1c(=O)[nH]c2cc(C(=O)NC3CCN(c4ncc[nH]c4=O)C3)ccc2c1=O. The predicted octanol–water partition coefficient (Wildman–Crippen LogP) is -0.198. The van der Waals surface area contributed by atoms with Gasteiger partial charge in [0.15, 0.2) is 5.82 Å². The Bertz CT molecular complexity index is 1260. The molecule has 3 heterocycles. The lowest BCUT2D eigenvalue weighted by atomic mass is 10.1. The van der Waals surface area contributed by atoms with Crippen LogP contribution in [0.1, 0.15) is 23.7 Å². The molecule has 1 aromatic carbocycles. The molecule has 3 aromatic rings. The molecule has 10 heteroatoms. The van der Waals surface area contributed by atoms with Crippen molar-refractivity contribution >= 4 is 22.6 Å². The van der Waals surface area contributed by atoms with Gasteiger partial charge in [-0.05, 0) is 31.5 Å². The minimum absolute atomic E-state index is 0.147. The highest BCUT2D eigenvalue weighted by Gasteiger charge is 2.26. The summed E-state index contributed by atoms with van der Waals surface area (Å²) in [4.78, 5) is 60.1. The van der Waals surface area contributed by atoms with Crippen LogP contribution in [0.4, 0.5) is 5.82 Å². The van der Waals surface area contributed by atoms with Gasteiger partial charge < -0.3 is 20.2 Å². The Morgan fingerprint density at radius 2 is 2.14 bits per heavy atom. The van der Waals surface area contributed by atoms with Crippen molar-refractivity contribution in [1.29, 1.82) is 0 Å². The first-order valence-electron chi connectivity index (χ1n) is 9.34. The Morgan fingerprint density at radius 1 is 1.31 bits per heavy atom. The number of rotatable bonds is 4. The molecule has 1 unspecified atom stereocenters. The Morgan fingerprint density at radius 3 is 2.90 bits per heavy atom. The highest BCUT2D eigenvalue weighted by Crippen LogP contribution is 2.15. The Hall–Kier alpha value is -3.69. The van der Waals surface area contributed by atoms with Gasteiger partial charge in [0.1, 0.15) is 0 Å². The predicted molar refractivity (Wildman–Crippen MR) is 107 cm³/mol. The summed E-state index contributed by atoms with van der Waals surface area (Å²) in [7, 11) is 0. The van der Waals surface area contributed by atoms with Gasteiger partial charge in [-0.2, -0.15) is 0 Å². The van der Waals surface area contributed by atoms with Crippen LogP contribution in [-0.2, 0) is 6.54 Å². The summed E-state index contributed by atoms with van der Waals surface area (Å²) in [5.41, 5.74) is -0.489. The van der Waals surface area contributed by atoms with Crippen molar-refractivity contribution in [1.82, 2.24) is 24.8 Å². The molecule has 4 rings (SSSR count). The second-order valence-corrected chi connectivity index (χ2v) is 6.89. The van der Waals surface area contributed by atoms with Gasteiger partial charge in [-0.15, -0.1) is 0 Å². The van der Waals surface area contributed by atoms with Crippen LogP contribution in [0.3, 0.4) is 0 Å². The summed E-state index contributed by atoms with van der Waals surface area (Å²) in [6, 6.07) is 4.46. The van der Waals surface area contributed by atoms with E-state index < -0.39 is 5.69 Å². The van der Waals surface area contributed by atoms with E-state index in [2.05, 4.69) is 20.3 Å². The topological polar surface area (TPSA) is 133 Å². The fraction of sp³-hybridized carbons (Fsp3) is 0.316. The second kappa shape index (κ2) is 7.38. The number of benzene rings is 1. The summed E-state index contributed by atoms with van der Waals surface area (Å²) in [6.07, 6.45) is 3.67. The summed E-state index contributed by atoms with van der Waals surface area (Å²) >= 11 is 0. The fourth-order valence-corrected chi connectivity index (χ4v) is 3.59. The minimum atomic E-state index is -0.505. The van der Waals surface area contributed by atoms with E-state index in [9.17, 15) is 19.2 Å². The summed E-state index contributed by atoms with van der Waals surface area (Å²) in [6.45, 7) is 3.06. The van der Waals surface area contributed by atoms with Crippen molar-refractivity contribution in [2.24, 2.45) is 0 Å². The van der Waals surface area contributed by atoms with Crippen LogP contribution in [0.2, 0.25) is 0 Å². The molecule has 29 heavy (non-hydrogen) atoms. The first kappa shape index (κ1) is 18.7. The molecular weight excluding hydrogens is 376 g/mol. The monoisotopic (exact) mass is 396 g/mol. The van der Waals surface area contributed by atoms with Crippen molar-refractivity contribution < 1.29 is 4.79 Å². The normalized spacial score (nSPS) is 16.3. The lowest BCUT2D eigenvalue weighted by Crippen LogP contribution is -2.38. The van der Waals surface area contributed by atoms with Crippen molar-refractivity contribution in [3.05, 3.63) is 67.3 Å². The summed E-state index contributed by atoms with van der Waals surface area (Å²) in [5, 5.41) is 3.29. The van der Waals surface area contributed by atoms with Crippen LogP contribution in [-0.4, -0.2) is 44.6 Å². The van der Waals surface area contributed by atoms with Crippen LogP contribution >= 0.6 is 0 Å². The van der Waals surface area contributed by atoms with Crippen molar-refractivity contribution in [3.63, 3.8) is 0 Å². The highest BCUT2D eigenvalue weighted by molar-refractivity contribution is 5.97. The number of hydrogen-bond acceptors (Lipinski definition) is 6. The van der Waals surface area contributed by atoms with E-state index in [0.717, 1.165) is 4.57 Å². The highest BCUT2D eigenvalue weighted by atomic mass is 16.2. The van der Waals surface area contributed by atoms with Crippen molar-refractivity contribution in [2.75, 3.05) is 18.0 Å². The maximum Gasteiger partial charge on any atom is 0.328 e. The molecule has 3 N–H and O–H groups in total. The number of amides is 1. The van der Waals surface area contributed by atoms with E-state index in [4.69, 9.17) is 0 Å². The number of aromatic nitrogens is 4. The zero-order valence-corrected chi connectivity index (χ0v) is 15.8. The number of fused-ring (bicyclic) bond motifs is 1. The van der Waals surface area contributed by atoms with E-state index in [-0.39, 0.29) is 29.6 Å². The smallest absolute Gasteiger partial charge is 0.328 e. The third kappa shape index (κ3) is 3.44. The molecule has 1 fully saturated rings. The molecule has 1 aliphatic rings. The molecular formula is C19H20N6O4. The lowest BCUT2D eigenvalue weighted by molar-refractivity contribution is 0.0940. The average Bonchev–Trinajstić information content (AvgIpc) is 3.16. The third-order valence-corrected chi connectivity index (χ3v) is 5.07. The number of nitrogens with zero attached hydrogens (tertiary/aromatic N) is 3. The standard InChI is InChI=1S/C19H20N6O4/c1-2-25-18(28)13-4-3-11(9-14(13)23-19(25)29)16(26)22-12-5-8-24(10-12)15-17(27)21-7-6-20-15/h3-4,6-7,9,12H,2,5,8,10H2,1H3,(H,21,27)(H,22,26)(H,23,29). The molecule has 1 aliphatic heterocycles. The molecule has 1 saturated heterocycles. The van der Waals surface area contributed by atoms with Gasteiger partial charge in [0, 0.05) is 43.6 Å². The zero-order chi connectivity index (χ0) is 20.5. The number of H-pyrrole nitrogens is 2. The van der Waals surface area contributed by atoms with Crippen LogP contribution < -0.4 is 27.0 Å². The Kier molecular flexibility index (Phi) is 4.75. The fourth-order valence-electron chi connectivity index (χ4n) is 3.59. The lowest BCUT2D eigenvalue weighted by Gasteiger charge is -2.17. The summed E-state index contributed by atoms with van der Waals surface area (Å²) in [5.74, 6) is 0.0222. The molecule has 1 atom stereocenters. The van der Waals surface area contributed by atoms with Crippen LogP contribution in [0, 0.1) is 0 Å². The maximum absolute atomic E-state index is 12.7. The van der Waals surface area contributed by atoms with Crippen molar-refractivity contribution in [2.45, 2.75) is 25.9 Å². The Labute approximate surface area is 164 Å². The number of anilines is 1. The molecule has 2 aromatic heterocycles. The largest absolute Gasteiger partial charge is 0.350 e. The van der Waals surface area contributed by atoms with Gasteiger partial charge in [0.2, 0.25) is 0 Å². The number of aromatic amines is 2. The van der Waals surface area contributed by atoms with Gasteiger partial charge in [-0.3, -0.25) is 19.0 Å². The Balaban J connectivity index is 1.53. The quantitative estimate of drug-likeness (QED) is 0.559. The zero-order valence-electron chi connectivity index (χ0n) is 15.8. The molecule has 0 radical (unpaired) electrons. The van der Waals surface area contributed by atoms with Crippen molar-refractivity contribution in [3.8, 4) is 0 Å². The van der Waals surface area contributed by atoms with E-state index in [1.165, 1.54) is 18.5 Å². The van der Waals surface area contributed by atoms with Crippen LogP contribution in [0.25, 0.3) is 10.9 Å². The first-order chi connectivity index (χ1) is 14.0. The molecule has 150 valence electrons. The van der Waals surface area contributed by atoms with Gasteiger partial charge in [-0.25, -0.2) is 9.78 Å². The minimum Gasteiger partial charge on any atom is -0.350 e. The molecule has 10 nitrogen and oxygen atoms in total. The van der Waals surface area contributed by atoms with Gasteiger partial charge in [0.25, 0.3) is 17.0 Å².